The molecule has 0 spiro atoms. The van der Waals surface area contributed by atoms with E-state index < -0.39 is 5.97 Å². The van der Waals surface area contributed by atoms with E-state index in [1.807, 2.05) is 18.2 Å². The summed E-state index contributed by atoms with van der Waals surface area (Å²) in [5, 5.41) is 8.62. The van der Waals surface area contributed by atoms with Crippen LogP contribution >= 0.6 is 0 Å². The summed E-state index contributed by atoms with van der Waals surface area (Å²) >= 11 is 0. The number of hydrogen-bond acceptors (Lipinski definition) is 2. The van der Waals surface area contributed by atoms with E-state index in [2.05, 4.69) is 20.8 Å². The molecule has 1 N–H and O–H groups in total. The third-order valence-corrected chi connectivity index (χ3v) is 2.69. The SMILES string of the molecule is COc1ccc(C(C)(C)C)cc1/C=C/CC(=O)O. The van der Waals surface area contributed by atoms with Crippen molar-refractivity contribution in [1.29, 1.82) is 0 Å². The zero-order chi connectivity index (χ0) is 13.8. The van der Waals surface area contributed by atoms with Crippen LogP contribution in [-0.2, 0) is 10.2 Å². The van der Waals surface area contributed by atoms with Crippen LogP contribution in [0.1, 0.15) is 38.3 Å². The molecule has 1 aromatic rings. The van der Waals surface area contributed by atoms with E-state index in [9.17, 15) is 4.79 Å². The molecule has 0 aromatic heterocycles. The normalized spacial score (nSPS) is 11.8. The first kappa shape index (κ1) is 14.3. The monoisotopic (exact) mass is 248 g/mol. The second-order valence-electron chi connectivity index (χ2n) is 5.21. The van der Waals surface area contributed by atoms with E-state index in [1.165, 1.54) is 5.56 Å². The fraction of sp³-hybridized carbons (Fsp3) is 0.400. The molecule has 0 radical (unpaired) electrons. The number of benzene rings is 1. The zero-order valence-corrected chi connectivity index (χ0v) is 11.4. The number of rotatable bonds is 4. The minimum Gasteiger partial charge on any atom is -0.496 e. The van der Waals surface area contributed by atoms with Gasteiger partial charge in [-0.15, -0.1) is 0 Å². The standard InChI is InChI=1S/C15H20O3/c1-15(2,3)12-8-9-13(18-4)11(10-12)6-5-7-14(16)17/h5-6,8-10H,7H2,1-4H3,(H,16,17)/b6-5+. The summed E-state index contributed by atoms with van der Waals surface area (Å²) in [7, 11) is 1.61. The van der Waals surface area contributed by atoms with Crippen molar-refractivity contribution in [2.45, 2.75) is 32.6 Å². The average Bonchev–Trinajstić information content (AvgIpc) is 2.27. The lowest BCUT2D eigenvalue weighted by Gasteiger charge is -2.20. The van der Waals surface area contributed by atoms with Gasteiger partial charge in [-0.1, -0.05) is 39.0 Å². The van der Waals surface area contributed by atoms with Crippen molar-refractivity contribution in [3.63, 3.8) is 0 Å². The van der Waals surface area contributed by atoms with Crippen LogP contribution < -0.4 is 4.74 Å². The van der Waals surface area contributed by atoms with Gasteiger partial charge in [0, 0.05) is 5.56 Å². The molecular weight excluding hydrogens is 228 g/mol. The highest BCUT2D eigenvalue weighted by Gasteiger charge is 2.14. The molecule has 1 rings (SSSR count). The lowest BCUT2D eigenvalue weighted by molar-refractivity contribution is -0.135. The minimum absolute atomic E-state index is 0.0168. The highest BCUT2D eigenvalue weighted by Crippen LogP contribution is 2.28. The Morgan fingerprint density at radius 1 is 1.39 bits per heavy atom. The van der Waals surface area contributed by atoms with E-state index in [0.29, 0.717) is 0 Å². The highest BCUT2D eigenvalue weighted by atomic mass is 16.5. The quantitative estimate of drug-likeness (QED) is 0.887. The molecule has 3 nitrogen and oxygen atoms in total. The summed E-state index contributed by atoms with van der Waals surface area (Å²) in [5.41, 5.74) is 2.16. The maximum atomic E-state index is 10.5. The third kappa shape index (κ3) is 3.91. The fourth-order valence-corrected chi connectivity index (χ4v) is 1.62. The van der Waals surface area contributed by atoms with E-state index in [1.54, 1.807) is 19.3 Å². The molecule has 0 aliphatic heterocycles. The Hall–Kier alpha value is -1.77. The second kappa shape index (κ2) is 5.71. The van der Waals surface area contributed by atoms with Gasteiger partial charge in [0.25, 0.3) is 0 Å². The van der Waals surface area contributed by atoms with Crippen molar-refractivity contribution < 1.29 is 14.6 Å². The average molecular weight is 248 g/mol. The summed E-state index contributed by atoms with van der Waals surface area (Å²) in [6.07, 6.45) is 3.44. The Labute approximate surface area is 108 Å². The molecular formula is C15H20O3. The molecule has 0 saturated heterocycles. The number of carboxylic acid groups (broad SMARTS) is 1. The van der Waals surface area contributed by atoms with Gasteiger partial charge in [0.1, 0.15) is 5.75 Å². The molecule has 0 atom stereocenters. The molecule has 0 saturated carbocycles. The molecule has 18 heavy (non-hydrogen) atoms. The summed E-state index contributed by atoms with van der Waals surface area (Å²) in [6, 6.07) is 5.99. The number of methoxy groups -OCH3 is 1. The summed E-state index contributed by atoms with van der Waals surface area (Å²) < 4.78 is 5.27. The van der Waals surface area contributed by atoms with Crippen molar-refractivity contribution in [3.8, 4) is 5.75 Å². The molecule has 3 heteroatoms. The van der Waals surface area contributed by atoms with E-state index in [4.69, 9.17) is 9.84 Å². The first-order valence-corrected chi connectivity index (χ1v) is 5.91. The van der Waals surface area contributed by atoms with Gasteiger partial charge >= 0.3 is 5.97 Å². The Balaban J connectivity index is 3.07. The molecule has 0 amide bonds. The van der Waals surface area contributed by atoms with Gasteiger partial charge < -0.3 is 9.84 Å². The van der Waals surface area contributed by atoms with E-state index >= 15 is 0 Å². The molecule has 1 aromatic carbocycles. The van der Waals surface area contributed by atoms with Crippen molar-refractivity contribution >= 4 is 12.0 Å². The first-order chi connectivity index (χ1) is 8.34. The van der Waals surface area contributed by atoms with Gasteiger partial charge in [-0.3, -0.25) is 4.79 Å². The maximum absolute atomic E-state index is 10.5. The topological polar surface area (TPSA) is 46.5 Å². The van der Waals surface area contributed by atoms with Crippen LogP contribution in [-0.4, -0.2) is 18.2 Å². The molecule has 0 aliphatic carbocycles. The number of hydrogen-bond donors (Lipinski definition) is 1. The third-order valence-electron chi connectivity index (χ3n) is 2.69. The predicted octanol–water partition coefficient (Wildman–Crippen LogP) is 3.48. The van der Waals surface area contributed by atoms with Crippen molar-refractivity contribution in [2.75, 3.05) is 7.11 Å². The summed E-state index contributed by atoms with van der Waals surface area (Å²) in [6.45, 7) is 6.42. The van der Waals surface area contributed by atoms with E-state index in [-0.39, 0.29) is 11.8 Å². The molecule has 0 bridgehead atoms. The zero-order valence-electron chi connectivity index (χ0n) is 11.4. The van der Waals surface area contributed by atoms with Crippen LogP contribution in [0.3, 0.4) is 0 Å². The summed E-state index contributed by atoms with van der Waals surface area (Å²) in [5.74, 6) is -0.0816. The predicted molar refractivity (Wildman–Crippen MR) is 73.0 cm³/mol. The number of carbonyl (C=O) groups is 1. The van der Waals surface area contributed by atoms with Gasteiger partial charge in [0.2, 0.25) is 0 Å². The van der Waals surface area contributed by atoms with Gasteiger partial charge in [0.15, 0.2) is 0 Å². The summed E-state index contributed by atoms with van der Waals surface area (Å²) in [4.78, 5) is 10.5. The van der Waals surface area contributed by atoms with Gasteiger partial charge in [-0.2, -0.15) is 0 Å². The van der Waals surface area contributed by atoms with Crippen LogP contribution in [0.2, 0.25) is 0 Å². The molecule has 0 aliphatic rings. The molecule has 98 valence electrons. The van der Waals surface area contributed by atoms with Gasteiger partial charge in [-0.25, -0.2) is 0 Å². The van der Waals surface area contributed by atoms with Gasteiger partial charge in [0.05, 0.1) is 13.5 Å². The second-order valence-corrected chi connectivity index (χ2v) is 5.21. The first-order valence-electron chi connectivity index (χ1n) is 5.91. The smallest absolute Gasteiger partial charge is 0.307 e. The van der Waals surface area contributed by atoms with Crippen LogP contribution in [0.4, 0.5) is 0 Å². The van der Waals surface area contributed by atoms with Crippen molar-refractivity contribution in [3.05, 3.63) is 35.4 Å². The minimum atomic E-state index is -0.836. The van der Waals surface area contributed by atoms with Crippen molar-refractivity contribution in [1.82, 2.24) is 0 Å². The Bertz CT molecular complexity index is 453. The number of ether oxygens (including phenoxy) is 1. The Morgan fingerprint density at radius 3 is 2.56 bits per heavy atom. The van der Waals surface area contributed by atoms with Crippen LogP contribution in [0.15, 0.2) is 24.3 Å². The van der Waals surface area contributed by atoms with E-state index in [0.717, 1.165) is 11.3 Å². The number of carboxylic acids is 1. The Morgan fingerprint density at radius 2 is 2.06 bits per heavy atom. The van der Waals surface area contributed by atoms with Crippen LogP contribution in [0.5, 0.6) is 5.75 Å². The molecule has 0 heterocycles. The lowest BCUT2D eigenvalue weighted by Crippen LogP contribution is -2.11. The lowest BCUT2D eigenvalue weighted by atomic mass is 9.86. The largest absolute Gasteiger partial charge is 0.496 e. The molecule has 0 unspecified atom stereocenters. The number of aliphatic carboxylic acids is 1. The van der Waals surface area contributed by atoms with Crippen LogP contribution in [0, 0.1) is 0 Å². The maximum Gasteiger partial charge on any atom is 0.307 e. The highest BCUT2D eigenvalue weighted by molar-refractivity contribution is 5.71. The van der Waals surface area contributed by atoms with Crippen molar-refractivity contribution in [2.24, 2.45) is 0 Å². The fourth-order valence-electron chi connectivity index (χ4n) is 1.62. The van der Waals surface area contributed by atoms with Gasteiger partial charge in [-0.05, 0) is 23.1 Å². The molecule has 0 fully saturated rings. The van der Waals surface area contributed by atoms with Crippen LogP contribution in [0.25, 0.3) is 6.08 Å². The Kier molecular flexibility index (Phi) is 4.54.